The smallest absolute Gasteiger partial charge is 0.258 e. The molecule has 0 atom stereocenters. The largest absolute Gasteiger partial charge is 0.269 e. The summed E-state index contributed by atoms with van der Waals surface area (Å²) in [5.74, 6) is 0.398. The molecular formula is C10H11BrClNO2. The molecule has 0 radical (unpaired) electrons. The summed E-state index contributed by atoms with van der Waals surface area (Å²) in [6.45, 7) is 0. The van der Waals surface area contributed by atoms with E-state index in [2.05, 4.69) is 15.9 Å². The van der Waals surface area contributed by atoms with Gasteiger partial charge in [-0.1, -0.05) is 22.0 Å². The molecule has 0 aliphatic heterocycles. The minimum atomic E-state index is -0.379. The molecule has 0 aliphatic carbocycles. The Hall–Kier alpha value is -0.610. The average molecular weight is 293 g/mol. The Kier molecular flexibility index (Phi) is 5.05. The summed E-state index contributed by atoms with van der Waals surface area (Å²) in [6, 6.07) is 4.84. The van der Waals surface area contributed by atoms with Crippen LogP contribution in [-0.4, -0.2) is 10.3 Å². The number of rotatable bonds is 5. The predicted molar refractivity (Wildman–Crippen MR) is 64.8 cm³/mol. The van der Waals surface area contributed by atoms with E-state index >= 15 is 0 Å². The topological polar surface area (TPSA) is 43.1 Å². The lowest BCUT2D eigenvalue weighted by atomic mass is 10.0. The van der Waals surface area contributed by atoms with Crippen molar-refractivity contribution in [3.8, 4) is 0 Å². The van der Waals surface area contributed by atoms with Crippen molar-refractivity contribution in [2.75, 3.05) is 5.33 Å². The van der Waals surface area contributed by atoms with Crippen LogP contribution in [0.15, 0.2) is 18.2 Å². The zero-order valence-corrected chi connectivity index (χ0v) is 10.4. The number of hydrogen-bond donors (Lipinski definition) is 0. The van der Waals surface area contributed by atoms with Crippen molar-refractivity contribution in [2.45, 2.75) is 18.7 Å². The Morgan fingerprint density at radius 1 is 1.40 bits per heavy atom. The molecule has 0 spiro atoms. The Morgan fingerprint density at radius 2 is 2.13 bits per heavy atom. The van der Waals surface area contributed by atoms with Gasteiger partial charge in [0.1, 0.15) is 0 Å². The van der Waals surface area contributed by atoms with Crippen LogP contribution < -0.4 is 0 Å². The van der Waals surface area contributed by atoms with Crippen molar-refractivity contribution in [1.82, 2.24) is 0 Å². The summed E-state index contributed by atoms with van der Waals surface area (Å²) in [4.78, 5) is 10.2. The van der Waals surface area contributed by atoms with Crippen LogP contribution >= 0.6 is 27.5 Å². The van der Waals surface area contributed by atoms with Gasteiger partial charge in [0.2, 0.25) is 0 Å². The maximum atomic E-state index is 10.6. The summed E-state index contributed by atoms with van der Waals surface area (Å²) in [6.07, 6.45) is 1.76. The highest BCUT2D eigenvalue weighted by Gasteiger charge is 2.09. The summed E-state index contributed by atoms with van der Waals surface area (Å²) in [5, 5.41) is 11.5. The molecule has 0 saturated carbocycles. The van der Waals surface area contributed by atoms with Gasteiger partial charge < -0.3 is 0 Å². The molecule has 0 N–H and O–H groups in total. The van der Waals surface area contributed by atoms with Gasteiger partial charge in [-0.15, -0.1) is 11.6 Å². The van der Waals surface area contributed by atoms with Crippen molar-refractivity contribution in [3.63, 3.8) is 0 Å². The van der Waals surface area contributed by atoms with E-state index in [-0.39, 0.29) is 10.6 Å². The van der Waals surface area contributed by atoms with E-state index in [1.165, 1.54) is 6.07 Å². The van der Waals surface area contributed by atoms with Gasteiger partial charge in [0.15, 0.2) is 0 Å². The molecule has 0 aromatic heterocycles. The number of non-ortho nitro benzene ring substituents is 1. The number of benzene rings is 1. The minimum absolute atomic E-state index is 0.133. The molecule has 0 unspecified atom stereocenters. The minimum Gasteiger partial charge on any atom is -0.258 e. The van der Waals surface area contributed by atoms with E-state index in [0.29, 0.717) is 5.88 Å². The van der Waals surface area contributed by atoms with Crippen LogP contribution in [0.2, 0.25) is 0 Å². The van der Waals surface area contributed by atoms with Gasteiger partial charge in [0, 0.05) is 23.3 Å². The molecule has 0 fully saturated rings. The first-order valence-electron chi connectivity index (χ1n) is 4.57. The number of nitro groups is 1. The second-order valence-corrected chi connectivity index (χ2v) is 4.20. The van der Waals surface area contributed by atoms with Gasteiger partial charge in [-0.05, 0) is 24.0 Å². The summed E-state index contributed by atoms with van der Waals surface area (Å²) >= 11 is 9.10. The van der Waals surface area contributed by atoms with E-state index in [4.69, 9.17) is 11.6 Å². The lowest BCUT2D eigenvalue weighted by Gasteiger charge is -2.05. The first kappa shape index (κ1) is 12.5. The van der Waals surface area contributed by atoms with Crippen molar-refractivity contribution >= 4 is 33.2 Å². The maximum Gasteiger partial charge on any atom is 0.269 e. The molecule has 1 aromatic carbocycles. The quantitative estimate of drug-likeness (QED) is 0.472. The number of aryl methyl sites for hydroxylation is 1. The standard InChI is InChI=1S/C10H11BrClNO2/c11-5-1-2-8-6-10(13(14)15)4-3-9(8)7-12/h3-4,6H,1-2,5,7H2. The van der Waals surface area contributed by atoms with Gasteiger partial charge in [-0.3, -0.25) is 10.1 Å². The Morgan fingerprint density at radius 3 is 2.67 bits per heavy atom. The van der Waals surface area contributed by atoms with Crippen LogP contribution in [0.3, 0.4) is 0 Å². The third-order valence-electron chi connectivity index (χ3n) is 2.12. The molecule has 15 heavy (non-hydrogen) atoms. The van der Waals surface area contributed by atoms with Crippen molar-refractivity contribution in [2.24, 2.45) is 0 Å². The fourth-order valence-corrected chi connectivity index (χ4v) is 1.89. The summed E-state index contributed by atoms with van der Waals surface area (Å²) < 4.78 is 0. The van der Waals surface area contributed by atoms with Crippen LogP contribution in [0.4, 0.5) is 5.69 Å². The highest BCUT2D eigenvalue weighted by molar-refractivity contribution is 9.09. The Balaban J connectivity index is 2.96. The number of nitro benzene ring substituents is 1. The van der Waals surface area contributed by atoms with E-state index in [1.54, 1.807) is 12.1 Å². The lowest BCUT2D eigenvalue weighted by molar-refractivity contribution is -0.384. The van der Waals surface area contributed by atoms with Gasteiger partial charge >= 0.3 is 0 Å². The second kappa shape index (κ2) is 6.08. The third kappa shape index (κ3) is 3.47. The Labute approximate surface area is 102 Å². The lowest BCUT2D eigenvalue weighted by Crippen LogP contribution is -1.96. The molecule has 1 rings (SSSR count). The molecule has 82 valence electrons. The number of alkyl halides is 2. The zero-order chi connectivity index (χ0) is 11.3. The van der Waals surface area contributed by atoms with E-state index in [0.717, 1.165) is 29.3 Å². The van der Waals surface area contributed by atoms with E-state index in [1.807, 2.05) is 0 Å². The predicted octanol–water partition coefficient (Wildman–Crippen LogP) is 3.66. The number of hydrogen-bond acceptors (Lipinski definition) is 2. The van der Waals surface area contributed by atoms with Gasteiger partial charge in [0.25, 0.3) is 5.69 Å². The Bertz CT molecular complexity index is 357. The highest BCUT2D eigenvalue weighted by atomic mass is 79.9. The first-order chi connectivity index (χ1) is 7.19. The fraction of sp³-hybridized carbons (Fsp3) is 0.400. The zero-order valence-electron chi connectivity index (χ0n) is 8.08. The first-order valence-corrected chi connectivity index (χ1v) is 6.22. The normalized spacial score (nSPS) is 10.3. The molecule has 0 amide bonds. The summed E-state index contributed by atoms with van der Waals surface area (Å²) in [5.41, 5.74) is 2.08. The van der Waals surface area contributed by atoms with Crippen LogP contribution in [0, 0.1) is 10.1 Å². The number of nitrogens with zero attached hydrogens (tertiary/aromatic N) is 1. The van der Waals surface area contributed by atoms with Crippen molar-refractivity contribution < 1.29 is 4.92 Å². The molecule has 0 aliphatic rings. The maximum absolute atomic E-state index is 10.6. The monoisotopic (exact) mass is 291 g/mol. The summed E-state index contributed by atoms with van der Waals surface area (Å²) in [7, 11) is 0. The van der Waals surface area contributed by atoms with Crippen LogP contribution in [0.25, 0.3) is 0 Å². The molecular weight excluding hydrogens is 281 g/mol. The second-order valence-electron chi connectivity index (χ2n) is 3.14. The average Bonchev–Trinajstić information content (AvgIpc) is 2.25. The van der Waals surface area contributed by atoms with E-state index < -0.39 is 0 Å². The molecule has 0 saturated heterocycles. The molecule has 3 nitrogen and oxygen atoms in total. The van der Waals surface area contributed by atoms with Gasteiger partial charge in [-0.2, -0.15) is 0 Å². The van der Waals surface area contributed by atoms with Gasteiger partial charge in [0.05, 0.1) is 4.92 Å². The molecule has 0 bridgehead atoms. The van der Waals surface area contributed by atoms with Crippen LogP contribution in [0.1, 0.15) is 17.5 Å². The molecule has 5 heteroatoms. The van der Waals surface area contributed by atoms with Crippen LogP contribution in [-0.2, 0) is 12.3 Å². The molecule has 0 heterocycles. The van der Waals surface area contributed by atoms with E-state index in [9.17, 15) is 10.1 Å². The number of halogens is 2. The van der Waals surface area contributed by atoms with Crippen molar-refractivity contribution in [1.29, 1.82) is 0 Å². The SMILES string of the molecule is O=[N+]([O-])c1ccc(CCl)c(CCCBr)c1. The molecule has 1 aromatic rings. The highest BCUT2D eigenvalue weighted by Crippen LogP contribution is 2.20. The fourth-order valence-electron chi connectivity index (χ4n) is 1.35. The third-order valence-corrected chi connectivity index (χ3v) is 2.97. The van der Waals surface area contributed by atoms with Crippen molar-refractivity contribution in [3.05, 3.63) is 39.4 Å². The van der Waals surface area contributed by atoms with Crippen LogP contribution in [0.5, 0.6) is 0 Å². The van der Waals surface area contributed by atoms with Gasteiger partial charge in [-0.25, -0.2) is 0 Å².